The smallest absolute Gasteiger partial charge is 0.331 e. The number of hydrogen-bond acceptors (Lipinski definition) is 3. The molecule has 0 amide bonds. The first-order valence-corrected chi connectivity index (χ1v) is 2.87. The fourth-order valence-corrected chi connectivity index (χ4v) is 0.456. The molecule has 0 bridgehead atoms. The molecule has 0 saturated carbocycles. The SMILES string of the molecule is CCO/C(=C\C(=O)O)CO. The van der Waals surface area contributed by atoms with Crippen LogP contribution in [0, 0.1) is 0 Å². The van der Waals surface area contributed by atoms with Crippen LogP contribution in [0.2, 0.25) is 0 Å². The maximum atomic E-state index is 9.98. The molecule has 10 heavy (non-hydrogen) atoms. The highest BCUT2D eigenvalue weighted by Crippen LogP contribution is 1.93. The zero-order valence-corrected chi connectivity index (χ0v) is 5.70. The summed E-state index contributed by atoms with van der Waals surface area (Å²) in [5.74, 6) is -1.03. The van der Waals surface area contributed by atoms with Crippen molar-refractivity contribution in [2.75, 3.05) is 13.2 Å². The summed E-state index contributed by atoms with van der Waals surface area (Å²) in [6.07, 6.45) is 0.837. The Hall–Kier alpha value is -1.03. The second-order valence-corrected chi connectivity index (χ2v) is 1.54. The summed E-state index contributed by atoms with van der Waals surface area (Å²) in [7, 11) is 0. The van der Waals surface area contributed by atoms with Crippen molar-refractivity contribution in [3.8, 4) is 0 Å². The Morgan fingerprint density at radius 3 is 2.60 bits per heavy atom. The van der Waals surface area contributed by atoms with E-state index in [1.807, 2.05) is 0 Å². The first-order valence-electron chi connectivity index (χ1n) is 2.87. The minimum absolute atomic E-state index is 0.0787. The zero-order valence-electron chi connectivity index (χ0n) is 5.70. The van der Waals surface area contributed by atoms with Gasteiger partial charge in [0.25, 0.3) is 0 Å². The lowest BCUT2D eigenvalue weighted by atomic mass is 10.4. The molecule has 0 radical (unpaired) electrons. The van der Waals surface area contributed by atoms with Gasteiger partial charge in [0.2, 0.25) is 0 Å². The number of rotatable bonds is 4. The fraction of sp³-hybridized carbons (Fsp3) is 0.500. The fourth-order valence-electron chi connectivity index (χ4n) is 0.456. The van der Waals surface area contributed by atoms with Crippen LogP contribution in [0.3, 0.4) is 0 Å². The van der Waals surface area contributed by atoms with Gasteiger partial charge in [-0.15, -0.1) is 0 Å². The van der Waals surface area contributed by atoms with E-state index in [0.717, 1.165) is 6.08 Å². The predicted molar refractivity (Wildman–Crippen MR) is 34.4 cm³/mol. The lowest BCUT2D eigenvalue weighted by Gasteiger charge is -2.02. The van der Waals surface area contributed by atoms with Crippen LogP contribution in [-0.4, -0.2) is 29.4 Å². The Bertz CT molecular complexity index is 139. The third-order valence-corrected chi connectivity index (χ3v) is 0.770. The predicted octanol–water partition coefficient (Wildman–Crippen LogP) is -0.0163. The van der Waals surface area contributed by atoms with Crippen molar-refractivity contribution in [2.24, 2.45) is 0 Å². The summed E-state index contributed by atoms with van der Waals surface area (Å²) in [6.45, 7) is 1.70. The summed E-state index contributed by atoms with van der Waals surface area (Å²) < 4.78 is 4.73. The Balaban J connectivity index is 3.91. The maximum Gasteiger partial charge on any atom is 0.331 e. The van der Waals surface area contributed by atoms with Crippen LogP contribution < -0.4 is 0 Å². The Morgan fingerprint density at radius 2 is 2.30 bits per heavy atom. The van der Waals surface area contributed by atoms with Gasteiger partial charge in [-0.05, 0) is 6.92 Å². The van der Waals surface area contributed by atoms with Gasteiger partial charge in [-0.25, -0.2) is 4.79 Å². The molecule has 4 heteroatoms. The van der Waals surface area contributed by atoms with E-state index >= 15 is 0 Å². The molecular weight excluding hydrogens is 136 g/mol. The largest absolute Gasteiger partial charge is 0.496 e. The number of aliphatic hydroxyl groups is 1. The number of carboxylic acids is 1. The highest BCUT2D eigenvalue weighted by Gasteiger charge is 1.97. The highest BCUT2D eigenvalue weighted by atomic mass is 16.5. The third kappa shape index (κ3) is 3.91. The van der Waals surface area contributed by atoms with Crippen LogP contribution in [-0.2, 0) is 9.53 Å². The van der Waals surface area contributed by atoms with Crippen LogP contribution in [0.1, 0.15) is 6.92 Å². The van der Waals surface area contributed by atoms with Gasteiger partial charge in [0, 0.05) is 0 Å². The lowest BCUT2D eigenvalue weighted by molar-refractivity contribution is -0.131. The van der Waals surface area contributed by atoms with Crippen molar-refractivity contribution in [1.29, 1.82) is 0 Å². The van der Waals surface area contributed by atoms with E-state index in [9.17, 15) is 4.79 Å². The van der Waals surface area contributed by atoms with Gasteiger partial charge >= 0.3 is 5.97 Å². The van der Waals surface area contributed by atoms with Crippen LogP contribution in [0.15, 0.2) is 11.8 Å². The molecule has 0 atom stereocenters. The van der Waals surface area contributed by atoms with Crippen molar-refractivity contribution >= 4 is 5.97 Å². The van der Waals surface area contributed by atoms with Gasteiger partial charge in [-0.2, -0.15) is 0 Å². The lowest BCUT2D eigenvalue weighted by Crippen LogP contribution is -2.00. The molecule has 0 unspecified atom stereocenters. The molecule has 0 aromatic rings. The van der Waals surface area contributed by atoms with Crippen molar-refractivity contribution in [3.05, 3.63) is 11.8 Å². The molecule has 4 nitrogen and oxygen atoms in total. The van der Waals surface area contributed by atoms with Crippen molar-refractivity contribution < 1.29 is 19.7 Å². The van der Waals surface area contributed by atoms with Crippen LogP contribution in [0.5, 0.6) is 0 Å². The molecule has 0 aromatic carbocycles. The van der Waals surface area contributed by atoms with Crippen molar-refractivity contribution in [2.45, 2.75) is 6.92 Å². The number of carboxylic acid groups (broad SMARTS) is 1. The number of aliphatic carboxylic acids is 1. The van der Waals surface area contributed by atoms with E-state index in [1.54, 1.807) is 6.92 Å². The minimum Gasteiger partial charge on any atom is -0.496 e. The van der Waals surface area contributed by atoms with E-state index in [4.69, 9.17) is 14.9 Å². The van der Waals surface area contributed by atoms with Gasteiger partial charge in [-0.3, -0.25) is 0 Å². The number of ether oxygens (including phenoxy) is 1. The zero-order chi connectivity index (χ0) is 7.98. The normalized spacial score (nSPS) is 11.2. The number of carbonyl (C=O) groups is 1. The van der Waals surface area contributed by atoms with Gasteiger partial charge in [0.15, 0.2) is 0 Å². The monoisotopic (exact) mass is 146 g/mol. The third-order valence-electron chi connectivity index (χ3n) is 0.770. The Labute approximate surface area is 58.7 Å². The van der Waals surface area contributed by atoms with Crippen molar-refractivity contribution in [3.63, 3.8) is 0 Å². The molecule has 58 valence electrons. The van der Waals surface area contributed by atoms with Crippen LogP contribution in [0.25, 0.3) is 0 Å². The van der Waals surface area contributed by atoms with E-state index in [1.165, 1.54) is 0 Å². The van der Waals surface area contributed by atoms with E-state index in [2.05, 4.69) is 0 Å². The van der Waals surface area contributed by atoms with Crippen molar-refractivity contribution in [1.82, 2.24) is 0 Å². The molecule has 0 aliphatic heterocycles. The minimum atomic E-state index is -1.11. The average molecular weight is 146 g/mol. The van der Waals surface area contributed by atoms with E-state index in [0.29, 0.717) is 6.61 Å². The topological polar surface area (TPSA) is 66.8 Å². The molecule has 0 spiro atoms. The Morgan fingerprint density at radius 1 is 1.70 bits per heavy atom. The quantitative estimate of drug-likeness (QED) is 0.432. The first kappa shape index (κ1) is 8.97. The molecule has 0 heterocycles. The highest BCUT2D eigenvalue weighted by molar-refractivity contribution is 5.80. The van der Waals surface area contributed by atoms with Gasteiger partial charge in [0.05, 0.1) is 12.7 Å². The molecule has 0 rings (SSSR count). The Kier molecular flexibility index (Phi) is 4.32. The van der Waals surface area contributed by atoms with Gasteiger partial charge < -0.3 is 14.9 Å². The van der Waals surface area contributed by atoms with Crippen LogP contribution >= 0.6 is 0 Å². The molecule has 0 saturated heterocycles. The van der Waals surface area contributed by atoms with Gasteiger partial charge in [0.1, 0.15) is 12.4 Å². The molecule has 0 aliphatic carbocycles. The molecule has 0 aliphatic rings. The second-order valence-electron chi connectivity index (χ2n) is 1.54. The van der Waals surface area contributed by atoms with E-state index in [-0.39, 0.29) is 12.4 Å². The molecule has 2 N–H and O–H groups in total. The number of hydrogen-bond donors (Lipinski definition) is 2. The molecule has 0 fully saturated rings. The first-order chi connectivity index (χ1) is 4.70. The summed E-state index contributed by atoms with van der Waals surface area (Å²) in [5.41, 5.74) is 0. The standard InChI is InChI=1S/C6H10O4/c1-2-10-5(4-7)3-6(8)9/h3,7H,2,4H2,1H3,(H,8,9)/b5-3-. The average Bonchev–Trinajstić information content (AvgIpc) is 1.86. The molecular formula is C6H10O4. The summed E-state index contributed by atoms with van der Waals surface area (Å²) in [4.78, 5) is 9.98. The number of aliphatic hydroxyl groups excluding tert-OH is 1. The second kappa shape index (κ2) is 4.81. The van der Waals surface area contributed by atoms with Crippen LogP contribution in [0.4, 0.5) is 0 Å². The van der Waals surface area contributed by atoms with Gasteiger partial charge in [-0.1, -0.05) is 0 Å². The maximum absolute atomic E-state index is 9.98. The summed E-state index contributed by atoms with van der Waals surface area (Å²) in [5, 5.41) is 16.6. The van der Waals surface area contributed by atoms with E-state index < -0.39 is 5.97 Å². The summed E-state index contributed by atoms with van der Waals surface area (Å²) in [6, 6.07) is 0. The summed E-state index contributed by atoms with van der Waals surface area (Å²) >= 11 is 0. The molecule has 0 aromatic heterocycles.